The number of halogens is 1. The molecule has 0 bridgehead atoms. The van der Waals surface area contributed by atoms with Gasteiger partial charge in [-0.15, -0.1) is 0 Å². The van der Waals surface area contributed by atoms with Gasteiger partial charge in [0.2, 0.25) is 5.89 Å². The fraction of sp³-hybridized carbons (Fsp3) is 0.0625. The molecule has 0 N–H and O–H groups in total. The molecule has 0 unspecified atom stereocenters. The molecule has 6 nitrogen and oxygen atoms in total. The van der Waals surface area contributed by atoms with E-state index in [0.29, 0.717) is 22.4 Å². The molecule has 116 valence electrons. The molecule has 3 rings (SSSR count). The fourth-order valence-electron chi connectivity index (χ4n) is 1.93. The van der Waals surface area contributed by atoms with E-state index in [1.165, 1.54) is 24.3 Å². The smallest absolute Gasteiger partial charge is 0.269 e. The minimum Gasteiger partial charge on any atom is -0.484 e. The molecule has 7 heteroatoms. The average molecular weight is 331 g/mol. The van der Waals surface area contributed by atoms with Gasteiger partial charge in [0.25, 0.3) is 5.69 Å². The number of benzene rings is 2. The van der Waals surface area contributed by atoms with Crippen LogP contribution in [0, 0.1) is 10.1 Å². The second kappa shape index (κ2) is 6.50. The van der Waals surface area contributed by atoms with Gasteiger partial charge in [0.15, 0.2) is 12.4 Å². The second-order valence-electron chi connectivity index (χ2n) is 4.66. The maximum absolute atomic E-state index is 10.6. The number of nitrogens with zero attached hydrogens (tertiary/aromatic N) is 2. The summed E-state index contributed by atoms with van der Waals surface area (Å²) >= 11 is 5.84. The minimum absolute atomic E-state index is 0.0125. The number of rotatable bonds is 5. The van der Waals surface area contributed by atoms with E-state index in [4.69, 9.17) is 20.8 Å². The SMILES string of the molecule is O=[N+]([O-])c1ccc(OCc2ncc(-c3ccc(Cl)cc3)o2)cc1. The first-order chi connectivity index (χ1) is 11.1. The molecule has 0 aliphatic rings. The lowest BCUT2D eigenvalue weighted by molar-refractivity contribution is -0.384. The van der Waals surface area contributed by atoms with E-state index in [9.17, 15) is 10.1 Å². The van der Waals surface area contributed by atoms with Crippen LogP contribution < -0.4 is 4.74 Å². The Hall–Kier alpha value is -2.86. The van der Waals surface area contributed by atoms with Gasteiger partial charge in [-0.3, -0.25) is 10.1 Å². The maximum atomic E-state index is 10.6. The van der Waals surface area contributed by atoms with Gasteiger partial charge in [0.1, 0.15) is 5.75 Å². The molecule has 0 aliphatic heterocycles. The molecule has 2 aromatic carbocycles. The number of hydrogen-bond acceptors (Lipinski definition) is 5. The van der Waals surface area contributed by atoms with Crippen LogP contribution in [0.25, 0.3) is 11.3 Å². The van der Waals surface area contributed by atoms with Crippen molar-refractivity contribution in [1.29, 1.82) is 0 Å². The Morgan fingerprint density at radius 1 is 1.13 bits per heavy atom. The van der Waals surface area contributed by atoms with Crippen LogP contribution in [0.1, 0.15) is 5.89 Å². The Bertz CT molecular complexity index is 813. The van der Waals surface area contributed by atoms with Crippen LogP contribution in [0.2, 0.25) is 5.02 Å². The van der Waals surface area contributed by atoms with Crippen molar-refractivity contribution in [2.45, 2.75) is 6.61 Å². The Morgan fingerprint density at radius 2 is 1.83 bits per heavy atom. The van der Waals surface area contributed by atoms with Crippen LogP contribution >= 0.6 is 11.6 Å². The zero-order chi connectivity index (χ0) is 16.2. The number of nitro benzene ring substituents is 1. The van der Waals surface area contributed by atoms with Gasteiger partial charge in [-0.25, -0.2) is 4.98 Å². The van der Waals surface area contributed by atoms with Crippen molar-refractivity contribution in [1.82, 2.24) is 4.98 Å². The summed E-state index contributed by atoms with van der Waals surface area (Å²) in [6.07, 6.45) is 1.61. The van der Waals surface area contributed by atoms with Crippen molar-refractivity contribution in [3.05, 3.63) is 75.8 Å². The summed E-state index contributed by atoms with van der Waals surface area (Å²) in [7, 11) is 0. The highest BCUT2D eigenvalue weighted by atomic mass is 35.5. The van der Waals surface area contributed by atoms with E-state index in [-0.39, 0.29) is 12.3 Å². The van der Waals surface area contributed by atoms with E-state index in [2.05, 4.69) is 4.98 Å². The van der Waals surface area contributed by atoms with Gasteiger partial charge < -0.3 is 9.15 Å². The predicted molar refractivity (Wildman–Crippen MR) is 84.4 cm³/mol. The summed E-state index contributed by atoms with van der Waals surface area (Å²) in [5, 5.41) is 11.2. The fourth-order valence-corrected chi connectivity index (χ4v) is 2.06. The Morgan fingerprint density at radius 3 is 2.48 bits per heavy atom. The van der Waals surface area contributed by atoms with Crippen LogP contribution in [-0.4, -0.2) is 9.91 Å². The molecular weight excluding hydrogens is 320 g/mol. The zero-order valence-electron chi connectivity index (χ0n) is 11.8. The largest absolute Gasteiger partial charge is 0.484 e. The molecule has 1 heterocycles. The number of hydrogen-bond donors (Lipinski definition) is 0. The lowest BCUT2D eigenvalue weighted by Crippen LogP contribution is -1.95. The first kappa shape index (κ1) is 15.1. The van der Waals surface area contributed by atoms with E-state index in [0.717, 1.165) is 5.56 Å². The maximum Gasteiger partial charge on any atom is 0.269 e. The number of ether oxygens (including phenoxy) is 1. The molecule has 0 saturated carbocycles. The van der Waals surface area contributed by atoms with Gasteiger partial charge in [0.05, 0.1) is 11.1 Å². The van der Waals surface area contributed by atoms with Crippen LogP contribution in [0.3, 0.4) is 0 Å². The van der Waals surface area contributed by atoms with Gasteiger partial charge in [-0.1, -0.05) is 11.6 Å². The van der Waals surface area contributed by atoms with E-state index < -0.39 is 4.92 Å². The van der Waals surface area contributed by atoms with E-state index >= 15 is 0 Å². The first-order valence-electron chi connectivity index (χ1n) is 6.70. The van der Waals surface area contributed by atoms with Gasteiger partial charge >= 0.3 is 0 Å². The highest BCUT2D eigenvalue weighted by Crippen LogP contribution is 2.23. The highest BCUT2D eigenvalue weighted by molar-refractivity contribution is 6.30. The topological polar surface area (TPSA) is 78.4 Å². The van der Waals surface area contributed by atoms with Gasteiger partial charge in [0, 0.05) is 22.7 Å². The minimum atomic E-state index is -0.462. The van der Waals surface area contributed by atoms with E-state index in [1.807, 2.05) is 12.1 Å². The molecule has 0 amide bonds. The van der Waals surface area contributed by atoms with Crippen molar-refractivity contribution in [2.24, 2.45) is 0 Å². The lowest BCUT2D eigenvalue weighted by atomic mass is 10.2. The normalized spacial score (nSPS) is 10.5. The third-order valence-corrected chi connectivity index (χ3v) is 3.34. The Balaban J connectivity index is 1.65. The quantitative estimate of drug-likeness (QED) is 0.509. The number of non-ortho nitro benzene ring substituents is 1. The first-order valence-corrected chi connectivity index (χ1v) is 7.07. The monoisotopic (exact) mass is 330 g/mol. The number of oxazole rings is 1. The molecule has 0 fully saturated rings. The summed E-state index contributed by atoms with van der Waals surface area (Å²) in [5.41, 5.74) is 0.877. The third kappa shape index (κ3) is 3.67. The highest BCUT2D eigenvalue weighted by Gasteiger charge is 2.08. The molecule has 0 saturated heterocycles. The Kier molecular flexibility index (Phi) is 4.25. The number of nitro groups is 1. The molecule has 0 aliphatic carbocycles. The predicted octanol–water partition coefficient (Wildman–Crippen LogP) is 4.48. The molecule has 0 atom stereocenters. The van der Waals surface area contributed by atoms with Crippen LogP contribution in [0.4, 0.5) is 5.69 Å². The molecule has 23 heavy (non-hydrogen) atoms. The number of aromatic nitrogens is 1. The summed E-state index contributed by atoms with van der Waals surface area (Å²) < 4.78 is 11.1. The molecule has 1 aromatic heterocycles. The van der Waals surface area contributed by atoms with Gasteiger partial charge in [-0.05, 0) is 36.4 Å². The van der Waals surface area contributed by atoms with Crippen molar-refractivity contribution in [2.75, 3.05) is 0 Å². The Labute approximate surface area is 136 Å². The van der Waals surface area contributed by atoms with E-state index in [1.54, 1.807) is 18.3 Å². The zero-order valence-corrected chi connectivity index (χ0v) is 12.6. The average Bonchev–Trinajstić information content (AvgIpc) is 3.03. The van der Waals surface area contributed by atoms with Crippen LogP contribution in [0.5, 0.6) is 5.75 Å². The summed E-state index contributed by atoms with van der Waals surface area (Å²) in [6, 6.07) is 13.0. The van der Waals surface area contributed by atoms with Crippen molar-refractivity contribution >= 4 is 17.3 Å². The van der Waals surface area contributed by atoms with Crippen molar-refractivity contribution < 1.29 is 14.1 Å². The second-order valence-corrected chi connectivity index (χ2v) is 5.10. The molecule has 0 radical (unpaired) electrons. The molecule has 3 aromatic rings. The van der Waals surface area contributed by atoms with Crippen LogP contribution in [0.15, 0.2) is 59.1 Å². The molecule has 0 spiro atoms. The van der Waals surface area contributed by atoms with Crippen LogP contribution in [-0.2, 0) is 6.61 Å². The van der Waals surface area contributed by atoms with Crippen molar-refractivity contribution in [3.8, 4) is 17.1 Å². The standard InChI is InChI=1S/C16H11ClN2O4/c17-12-3-1-11(2-4-12)15-9-18-16(23-15)10-22-14-7-5-13(6-8-14)19(20)21/h1-9H,10H2. The third-order valence-electron chi connectivity index (χ3n) is 3.09. The lowest BCUT2D eigenvalue weighted by Gasteiger charge is -2.02. The summed E-state index contributed by atoms with van der Waals surface area (Å²) in [5.74, 6) is 1.53. The van der Waals surface area contributed by atoms with Gasteiger partial charge in [-0.2, -0.15) is 0 Å². The summed E-state index contributed by atoms with van der Waals surface area (Å²) in [4.78, 5) is 14.3. The summed E-state index contributed by atoms with van der Waals surface area (Å²) in [6.45, 7) is 0.130. The van der Waals surface area contributed by atoms with Crippen molar-refractivity contribution in [3.63, 3.8) is 0 Å². The molecular formula is C16H11ClN2O4.